The van der Waals surface area contributed by atoms with Crippen molar-refractivity contribution in [2.75, 3.05) is 59.5 Å². The largest absolute Gasteiger partial charge is 0.375 e. The molecule has 2 saturated heterocycles. The van der Waals surface area contributed by atoms with Crippen molar-refractivity contribution in [2.24, 2.45) is 5.92 Å². The molecule has 3 heterocycles. The average Bonchev–Trinajstić information content (AvgIpc) is 3.20. The Balaban J connectivity index is 1.43. The van der Waals surface area contributed by atoms with Crippen molar-refractivity contribution in [3.05, 3.63) is 24.5 Å². The van der Waals surface area contributed by atoms with Crippen LogP contribution < -0.4 is 0 Å². The van der Waals surface area contributed by atoms with Crippen molar-refractivity contribution in [3.63, 3.8) is 0 Å². The number of hydrogen-bond acceptors (Lipinski definition) is 4. The summed E-state index contributed by atoms with van der Waals surface area (Å²) >= 11 is 0. The first-order valence-electron chi connectivity index (χ1n) is 9.56. The summed E-state index contributed by atoms with van der Waals surface area (Å²) in [5.74, 6) is 0.140. The first kappa shape index (κ1) is 18.9. The number of carbonyl (C=O) groups is 2. The zero-order chi connectivity index (χ0) is 18.4. The number of nitrogens with zero attached hydrogens (tertiary/aromatic N) is 4. The molecule has 1 aromatic heterocycles. The van der Waals surface area contributed by atoms with Gasteiger partial charge in [-0.25, -0.2) is 0 Å². The molecule has 0 bridgehead atoms. The molecule has 0 unspecified atom stereocenters. The van der Waals surface area contributed by atoms with E-state index in [1.807, 2.05) is 17.0 Å². The average molecular weight is 362 g/mol. The van der Waals surface area contributed by atoms with Crippen molar-refractivity contribution >= 4 is 11.8 Å². The zero-order valence-corrected chi connectivity index (χ0v) is 15.7. The lowest BCUT2D eigenvalue weighted by Crippen LogP contribution is -2.53. The second-order valence-corrected chi connectivity index (χ2v) is 7.20. The molecule has 2 fully saturated rings. The lowest BCUT2D eigenvalue weighted by atomic mass is 9.96. The van der Waals surface area contributed by atoms with E-state index in [-0.39, 0.29) is 24.3 Å². The number of aromatic nitrogens is 1. The van der Waals surface area contributed by atoms with Gasteiger partial charge in [0.1, 0.15) is 6.61 Å². The van der Waals surface area contributed by atoms with E-state index in [1.165, 1.54) is 7.11 Å². The summed E-state index contributed by atoms with van der Waals surface area (Å²) < 4.78 is 7.12. The number of ether oxygens (including phenoxy) is 1. The maximum Gasteiger partial charge on any atom is 0.248 e. The van der Waals surface area contributed by atoms with Gasteiger partial charge in [0.2, 0.25) is 11.8 Å². The molecule has 2 aliphatic rings. The summed E-state index contributed by atoms with van der Waals surface area (Å²) in [5, 5.41) is 0. The number of rotatable bonds is 6. The highest BCUT2D eigenvalue weighted by Crippen LogP contribution is 2.20. The molecule has 7 heteroatoms. The van der Waals surface area contributed by atoms with Gasteiger partial charge in [0.15, 0.2) is 0 Å². The molecule has 26 heavy (non-hydrogen) atoms. The van der Waals surface area contributed by atoms with E-state index in [0.717, 1.165) is 58.7 Å². The second kappa shape index (κ2) is 9.19. The summed E-state index contributed by atoms with van der Waals surface area (Å²) in [7, 11) is 1.53. The van der Waals surface area contributed by atoms with Gasteiger partial charge < -0.3 is 19.1 Å². The number of methoxy groups -OCH3 is 1. The van der Waals surface area contributed by atoms with Crippen molar-refractivity contribution in [1.82, 2.24) is 19.3 Å². The Bertz CT molecular complexity index is 582. The van der Waals surface area contributed by atoms with Crippen LogP contribution in [0.5, 0.6) is 0 Å². The van der Waals surface area contributed by atoms with Crippen LogP contribution in [-0.4, -0.2) is 90.6 Å². The number of piperazine rings is 1. The van der Waals surface area contributed by atoms with Crippen molar-refractivity contribution in [1.29, 1.82) is 0 Å². The highest BCUT2D eigenvalue weighted by atomic mass is 16.5. The number of carbonyl (C=O) groups excluding carboxylic acids is 2. The molecular formula is C19H30N4O3. The molecule has 3 rings (SSSR count). The van der Waals surface area contributed by atoms with Gasteiger partial charge in [-0.1, -0.05) is 0 Å². The Hall–Kier alpha value is -1.86. The van der Waals surface area contributed by atoms with Crippen LogP contribution in [0, 0.1) is 5.92 Å². The van der Waals surface area contributed by atoms with E-state index in [9.17, 15) is 9.59 Å². The van der Waals surface area contributed by atoms with E-state index < -0.39 is 0 Å². The molecule has 0 spiro atoms. The van der Waals surface area contributed by atoms with Gasteiger partial charge in [0.05, 0.1) is 5.92 Å². The minimum atomic E-state index is -0.0593. The SMILES string of the molecule is COCC(=O)N1CCC[C@H](C(=O)N2CCN(CCn3cccc3)CC2)C1. The van der Waals surface area contributed by atoms with Crippen LogP contribution >= 0.6 is 0 Å². The molecule has 0 radical (unpaired) electrons. The third-order valence-corrected chi connectivity index (χ3v) is 5.42. The molecule has 2 amide bonds. The lowest BCUT2D eigenvalue weighted by molar-refractivity contribution is -0.143. The predicted molar refractivity (Wildman–Crippen MR) is 98.6 cm³/mol. The van der Waals surface area contributed by atoms with Gasteiger partial charge in [-0.3, -0.25) is 14.5 Å². The first-order valence-corrected chi connectivity index (χ1v) is 9.56. The van der Waals surface area contributed by atoms with E-state index in [0.29, 0.717) is 6.54 Å². The maximum absolute atomic E-state index is 12.9. The van der Waals surface area contributed by atoms with Gasteiger partial charge >= 0.3 is 0 Å². The number of likely N-dealkylation sites (tertiary alicyclic amines) is 1. The Labute approximate surface area is 155 Å². The Morgan fingerprint density at radius 2 is 1.73 bits per heavy atom. The van der Waals surface area contributed by atoms with Crippen LogP contribution in [-0.2, 0) is 20.9 Å². The van der Waals surface area contributed by atoms with Gasteiger partial charge in [0.25, 0.3) is 0 Å². The van der Waals surface area contributed by atoms with Crippen LogP contribution in [0.15, 0.2) is 24.5 Å². The van der Waals surface area contributed by atoms with E-state index in [2.05, 4.69) is 21.9 Å². The van der Waals surface area contributed by atoms with E-state index in [1.54, 1.807) is 4.90 Å². The van der Waals surface area contributed by atoms with E-state index >= 15 is 0 Å². The van der Waals surface area contributed by atoms with Crippen LogP contribution in [0.1, 0.15) is 12.8 Å². The molecule has 144 valence electrons. The second-order valence-electron chi connectivity index (χ2n) is 7.20. The third kappa shape index (κ3) is 4.86. The molecule has 1 aromatic rings. The smallest absolute Gasteiger partial charge is 0.248 e. The fourth-order valence-corrected chi connectivity index (χ4v) is 3.85. The van der Waals surface area contributed by atoms with Crippen LogP contribution in [0.25, 0.3) is 0 Å². The molecule has 0 N–H and O–H groups in total. The summed E-state index contributed by atoms with van der Waals surface area (Å²) in [5.41, 5.74) is 0. The zero-order valence-electron chi connectivity index (χ0n) is 15.7. The number of hydrogen-bond donors (Lipinski definition) is 0. The quantitative estimate of drug-likeness (QED) is 0.740. The number of amides is 2. The highest BCUT2D eigenvalue weighted by molar-refractivity contribution is 5.82. The van der Waals surface area contributed by atoms with Crippen molar-refractivity contribution < 1.29 is 14.3 Å². The molecule has 0 aliphatic carbocycles. The minimum Gasteiger partial charge on any atom is -0.375 e. The van der Waals surface area contributed by atoms with Crippen LogP contribution in [0.3, 0.4) is 0 Å². The Morgan fingerprint density at radius 3 is 2.42 bits per heavy atom. The fraction of sp³-hybridized carbons (Fsp3) is 0.684. The minimum absolute atomic E-state index is 0.0140. The number of piperidine rings is 1. The van der Waals surface area contributed by atoms with Crippen molar-refractivity contribution in [3.8, 4) is 0 Å². The molecule has 0 saturated carbocycles. The predicted octanol–water partition coefficient (Wildman–Crippen LogP) is 0.517. The summed E-state index contributed by atoms with van der Waals surface area (Å²) in [6.45, 7) is 6.78. The molecule has 1 atom stereocenters. The Morgan fingerprint density at radius 1 is 1.00 bits per heavy atom. The molecule has 2 aliphatic heterocycles. The van der Waals surface area contributed by atoms with Gasteiger partial charge in [-0.2, -0.15) is 0 Å². The van der Waals surface area contributed by atoms with Crippen molar-refractivity contribution in [2.45, 2.75) is 19.4 Å². The highest BCUT2D eigenvalue weighted by Gasteiger charge is 2.32. The van der Waals surface area contributed by atoms with Gasteiger partial charge in [-0.15, -0.1) is 0 Å². The van der Waals surface area contributed by atoms with Gasteiger partial charge in [-0.05, 0) is 25.0 Å². The fourth-order valence-electron chi connectivity index (χ4n) is 3.85. The maximum atomic E-state index is 12.9. The lowest BCUT2D eigenvalue weighted by Gasteiger charge is -2.39. The van der Waals surface area contributed by atoms with Gasteiger partial charge in [0, 0.05) is 71.9 Å². The van der Waals surface area contributed by atoms with Crippen LogP contribution in [0.2, 0.25) is 0 Å². The normalized spacial score (nSPS) is 21.8. The monoisotopic (exact) mass is 362 g/mol. The van der Waals surface area contributed by atoms with E-state index in [4.69, 9.17) is 4.74 Å². The summed E-state index contributed by atoms with van der Waals surface area (Å²) in [6, 6.07) is 4.09. The molecular weight excluding hydrogens is 332 g/mol. The molecule has 0 aromatic carbocycles. The summed E-state index contributed by atoms with van der Waals surface area (Å²) in [6.07, 6.45) is 5.94. The molecule has 7 nitrogen and oxygen atoms in total. The Kier molecular flexibility index (Phi) is 6.68. The first-order chi connectivity index (χ1) is 12.7. The summed E-state index contributed by atoms with van der Waals surface area (Å²) in [4.78, 5) is 31.1. The van der Waals surface area contributed by atoms with Crippen LogP contribution in [0.4, 0.5) is 0 Å². The topological polar surface area (TPSA) is 58.0 Å². The third-order valence-electron chi connectivity index (χ3n) is 5.42. The standard InChI is InChI=1S/C19H30N4O3/c1-26-16-18(24)23-8-4-5-17(15-23)19(25)22-13-11-21(12-14-22)10-9-20-6-2-3-7-20/h2-3,6-7,17H,4-5,8-16H2,1H3/t17-/m0/s1.